The smallest absolute Gasteiger partial charge is 0.361 e. The second kappa shape index (κ2) is 72.7. The lowest BCUT2D eigenvalue weighted by atomic mass is 10.0. The SMILES string of the molecule is CC/C=C\C/C=C\C/C=C\C/C=C\C/C=C\C/C=C\C/C=C\C/C=C\C/C=C\C/C=C\CCCCCCC(=O)OC(COC(=O)CCCCCCCCCCCCCCCCCCCC/C=C\C/C=C\C/C=C\CCCCCCC)COC(OCC[N+](C)(C)C)C(=O)O. The minimum atomic E-state index is -1.53. The number of carboxylic acids is 1. The number of nitrogens with zero attached hydrogens (tertiary/aromatic N) is 1. The molecule has 0 aliphatic heterocycles. The molecule has 2 atom stereocenters. The molecule has 0 bridgehead atoms. The van der Waals surface area contributed by atoms with Crippen molar-refractivity contribution in [1.29, 1.82) is 0 Å². The van der Waals surface area contributed by atoms with Gasteiger partial charge in [-0.15, -0.1) is 0 Å². The highest BCUT2D eigenvalue weighted by atomic mass is 16.7. The molecule has 0 radical (unpaired) electrons. The third kappa shape index (κ3) is 74.2. The minimum Gasteiger partial charge on any atom is -0.477 e. The molecule has 0 aromatic carbocycles. The summed E-state index contributed by atoms with van der Waals surface area (Å²) in [5, 5.41) is 9.76. The number of hydrogen-bond donors (Lipinski definition) is 1. The van der Waals surface area contributed by atoms with Gasteiger partial charge in [0.05, 0.1) is 34.4 Å². The van der Waals surface area contributed by atoms with Crippen molar-refractivity contribution < 1.29 is 42.9 Å². The number of quaternary nitrogens is 1. The maximum Gasteiger partial charge on any atom is 0.361 e. The molecular formula is C84H140NO8+. The van der Waals surface area contributed by atoms with Crippen molar-refractivity contribution in [3.63, 3.8) is 0 Å². The van der Waals surface area contributed by atoms with Crippen molar-refractivity contribution in [3.05, 3.63) is 158 Å². The summed E-state index contributed by atoms with van der Waals surface area (Å²) >= 11 is 0. The number of carbonyl (C=O) groups excluding carboxylic acids is 2. The Morgan fingerprint density at radius 1 is 0.333 bits per heavy atom. The summed E-state index contributed by atoms with van der Waals surface area (Å²) in [4.78, 5) is 37.7. The maximum atomic E-state index is 13.0. The standard InChI is InChI=1S/C84H139NO8/c1-6-8-10-12-14-16-18-20-22-24-26-28-30-32-34-36-38-40-41-43-45-47-49-51-53-55-57-59-61-63-65-67-69-71-73-75-82(87)93-80(79-92-84(83(88)89)90-77-76-85(3,4)5)78-91-81(86)74-72-70-68-66-64-62-60-58-56-54-52-50-48-46-44-42-39-37-35-33-31-29-27-25-23-21-19-17-15-13-11-9-7-2/h8,10,14,16,19-22,25-28,31-34,38,40,43,45,49,51,55,57,61,63,80,84H,6-7,9,11-13,15,17-18,23-24,29-30,35-37,39,41-42,44,46-48,50,52-54,56,58-60,62,64-79H2,1-5H3/p+1/b10-8-,16-14-,21-19-,22-20-,27-25-,28-26-,33-31-,34-32-,40-38-,45-43-,51-49-,57-55-,63-61-. The van der Waals surface area contributed by atoms with E-state index in [1.165, 1.54) is 141 Å². The molecule has 9 heteroatoms. The minimum absolute atomic E-state index is 0.175. The van der Waals surface area contributed by atoms with Crippen LogP contribution in [0.2, 0.25) is 0 Å². The normalized spacial score (nSPS) is 13.6. The zero-order valence-electron chi connectivity index (χ0n) is 60.4. The largest absolute Gasteiger partial charge is 0.477 e. The Bertz CT molecular complexity index is 2090. The Balaban J connectivity index is 4.18. The van der Waals surface area contributed by atoms with E-state index in [9.17, 15) is 19.5 Å². The fourth-order valence-corrected chi connectivity index (χ4v) is 10.1. The predicted molar refractivity (Wildman–Crippen MR) is 400 cm³/mol. The number of carboxylic acid groups (broad SMARTS) is 1. The summed E-state index contributed by atoms with van der Waals surface area (Å²) in [7, 11) is 5.96. The van der Waals surface area contributed by atoms with E-state index in [1.54, 1.807) is 0 Å². The van der Waals surface area contributed by atoms with Crippen molar-refractivity contribution in [2.75, 3.05) is 47.5 Å². The molecule has 0 aromatic rings. The van der Waals surface area contributed by atoms with E-state index in [-0.39, 0.29) is 38.6 Å². The van der Waals surface area contributed by atoms with Gasteiger partial charge < -0.3 is 28.5 Å². The maximum absolute atomic E-state index is 13.0. The van der Waals surface area contributed by atoms with Gasteiger partial charge in [-0.2, -0.15) is 0 Å². The summed E-state index contributed by atoms with van der Waals surface area (Å²) in [5.74, 6) is -2.05. The van der Waals surface area contributed by atoms with Crippen molar-refractivity contribution in [1.82, 2.24) is 0 Å². The molecule has 0 aromatic heterocycles. The van der Waals surface area contributed by atoms with E-state index in [0.717, 1.165) is 122 Å². The van der Waals surface area contributed by atoms with E-state index in [2.05, 4.69) is 172 Å². The van der Waals surface area contributed by atoms with E-state index in [0.29, 0.717) is 17.4 Å². The first-order chi connectivity index (χ1) is 45.6. The van der Waals surface area contributed by atoms with Gasteiger partial charge >= 0.3 is 17.9 Å². The topological polar surface area (TPSA) is 108 Å². The zero-order valence-corrected chi connectivity index (χ0v) is 60.4. The monoisotopic (exact) mass is 1290 g/mol. The first-order valence-electron chi connectivity index (χ1n) is 37.6. The van der Waals surface area contributed by atoms with Crippen LogP contribution in [-0.2, 0) is 33.3 Å². The zero-order chi connectivity index (χ0) is 67.5. The van der Waals surface area contributed by atoms with Crippen LogP contribution in [0.1, 0.15) is 296 Å². The average Bonchev–Trinajstić information content (AvgIpc) is 3.74. The van der Waals surface area contributed by atoms with Gasteiger partial charge in [-0.05, 0) is 128 Å². The van der Waals surface area contributed by atoms with Gasteiger partial charge in [-0.1, -0.05) is 313 Å². The second-order valence-electron chi connectivity index (χ2n) is 25.9. The van der Waals surface area contributed by atoms with Crippen LogP contribution in [0.3, 0.4) is 0 Å². The summed E-state index contributed by atoms with van der Waals surface area (Å²) in [6, 6.07) is 0. The van der Waals surface area contributed by atoms with Gasteiger partial charge in [0.15, 0.2) is 6.10 Å². The average molecular weight is 1290 g/mol. The summed E-state index contributed by atoms with van der Waals surface area (Å²) in [6.07, 6.45) is 105. The van der Waals surface area contributed by atoms with E-state index < -0.39 is 24.3 Å². The molecule has 0 heterocycles. The summed E-state index contributed by atoms with van der Waals surface area (Å²) < 4.78 is 23.0. The lowest BCUT2D eigenvalue weighted by Gasteiger charge is -2.25. The quantitative estimate of drug-likeness (QED) is 0.0211. The van der Waals surface area contributed by atoms with Crippen LogP contribution in [0.15, 0.2) is 158 Å². The Morgan fingerprint density at radius 2 is 0.613 bits per heavy atom. The van der Waals surface area contributed by atoms with E-state index >= 15 is 0 Å². The molecule has 0 aliphatic carbocycles. The van der Waals surface area contributed by atoms with Gasteiger partial charge in [0.2, 0.25) is 0 Å². The second-order valence-corrected chi connectivity index (χ2v) is 25.9. The molecule has 0 saturated carbocycles. The van der Waals surface area contributed by atoms with E-state index in [1.807, 2.05) is 21.1 Å². The summed E-state index contributed by atoms with van der Waals surface area (Å²) in [5.41, 5.74) is 0. The fraction of sp³-hybridized carbons (Fsp3) is 0.655. The van der Waals surface area contributed by atoms with Crippen molar-refractivity contribution in [2.45, 2.75) is 309 Å². The number of ether oxygens (including phenoxy) is 4. The van der Waals surface area contributed by atoms with Crippen LogP contribution < -0.4 is 0 Å². The molecule has 0 aliphatic rings. The molecule has 2 unspecified atom stereocenters. The molecule has 1 N–H and O–H groups in total. The van der Waals surface area contributed by atoms with Crippen molar-refractivity contribution in [2.24, 2.45) is 0 Å². The number of unbranched alkanes of at least 4 members (excludes halogenated alkanes) is 27. The molecule has 0 amide bonds. The number of rotatable bonds is 68. The number of aliphatic carboxylic acids is 1. The Hall–Kier alpha value is -5.09. The fourth-order valence-electron chi connectivity index (χ4n) is 10.1. The first kappa shape index (κ1) is 87.9. The van der Waals surface area contributed by atoms with Crippen LogP contribution in [0.25, 0.3) is 0 Å². The van der Waals surface area contributed by atoms with Crippen LogP contribution in [0.5, 0.6) is 0 Å². The van der Waals surface area contributed by atoms with Crippen LogP contribution in [0.4, 0.5) is 0 Å². The number of likely N-dealkylation sites (N-methyl/N-ethyl adjacent to an activating group) is 1. The van der Waals surface area contributed by atoms with Gasteiger partial charge in [0.25, 0.3) is 6.29 Å². The molecule has 528 valence electrons. The van der Waals surface area contributed by atoms with E-state index in [4.69, 9.17) is 18.9 Å². The van der Waals surface area contributed by atoms with Crippen LogP contribution in [0, 0.1) is 0 Å². The molecule has 93 heavy (non-hydrogen) atoms. The Morgan fingerprint density at radius 3 is 0.914 bits per heavy atom. The molecule has 0 fully saturated rings. The molecular weight excluding hydrogens is 1150 g/mol. The molecule has 0 saturated heterocycles. The number of esters is 2. The number of allylic oxidation sites excluding steroid dienone is 26. The molecule has 0 rings (SSSR count). The van der Waals surface area contributed by atoms with Crippen LogP contribution >= 0.6 is 0 Å². The summed E-state index contributed by atoms with van der Waals surface area (Å²) in [6.45, 7) is 4.73. The van der Waals surface area contributed by atoms with Gasteiger partial charge in [0.1, 0.15) is 13.2 Å². The lowest BCUT2D eigenvalue weighted by Crippen LogP contribution is -2.40. The third-order valence-electron chi connectivity index (χ3n) is 15.8. The van der Waals surface area contributed by atoms with Crippen molar-refractivity contribution in [3.8, 4) is 0 Å². The van der Waals surface area contributed by atoms with Crippen molar-refractivity contribution >= 4 is 17.9 Å². The lowest BCUT2D eigenvalue weighted by molar-refractivity contribution is -0.870. The molecule has 0 spiro atoms. The van der Waals surface area contributed by atoms with Gasteiger partial charge in [-0.3, -0.25) is 9.59 Å². The van der Waals surface area contributed by atoms with Gasteiger partial charge in [0, 0.05) is 12.8 Å². The Kier molecular flexibility index (Phi) is 68.8. The number of carbonyl (C=O) groups is 3. The molecule has 9 nitrogen and oxygen atoms in total. The third-order valence-corrected chi connectivity index (χ3v) is 15.8. The highest BCUT2D eigenvalue weighted by Crippen LogP contribution is 2.17. The van der Waals surface area contributed by atoms with Crippen LogP contribution in [-0.4, -0.2) is 87.4 Å². The Labute approximate surface area is 572 Å². The van der Waals surface area contributed by atoms with Gasteiger partial charge in [-0.25, -0.2) is 4.79 Å². The number of hydrogen-bond acceptors (Lipinski definition) is 7. The first-order valence-corrected chi connectivity index (χ1v) is 37.6. The predicted octanol–water partition coefficient (Wildman–Crippen LogP) is 24.0. The highest BCUT2D eigenvalue weighted by Gasteiger charge is 2.25. The highest BCUT2D eigenvalue weighted by molar-refractivity contribution is 5.71.